The molecule has 1 aliphatic rings. The Hall–Kier alpha value is -2.82. The van der Waals surface area contributed by atoms with E-state index in [1.807, 2.05) is 6.08 Å². The van der Waals surface area contributed by atoms with Gasteiger partial charge in [-0.05, 0) is 54.2 Å². The summed E-state index contributed by atoms with van der Waals surface area (Å²) >= 11 is 0. The van der Waals surface area contributed by atoms with E-state index in [0.717, 1.165) is 37.1 Å². The molecule has 2 aromatic rings. The summed E-state index contributed by atoms with van der Waals surface area (Å²) in [7, 11) is 0. The van der Waals surface area contributed by atoms with Gasteiger partial charge in [0, 0.05) is 11.3 Å². The van der Waals surface area contributed by atoms with E-state index in [1.165, 1.54) is 12.1 Å². The Bertz CT molecular complexity index is 895. The molecule has 0 saturated carbocycles. The molecule has 1 atom stereocenters. The van der Waals surface area contributed by atoms with E-state index in [0.29, 0.717) is 22.6 Å². The van der Waals surface area contributed by atoms with Gasteiger partial charge in [0.2, 0.25) is 0 Å². The van der Waals surface area contributed by atoms with Crippen molar-refractivity contribution in [3.05, 3.63) is 83.6 Å². The normalized spacial score (nSPS) is 16.6. The number of carbonyl (C=O) groups excluding carboxylic acids is 1. The number of nitrogens with one attached hydrogen (secondary N) is 1. The van der Waals surface area contributed by atoms with E-state index in [2.05, 4.69) is 24.4 Å². The van der Waals surface area contributed by atoms with Crippen molar-refractivity contribution in [3.63, 3.8) is 0 Å². The fraction of sp³-hybridized carbons (Fsp3) is 0.261. The molecular formula is C23H22F3NO. The molecule has 3 rings (SSSR count). The van der Waals surface area contributed by atoms with Crippen molar-refractivity contribution in [1.82, 2.24) is 5.32 Å². The average molecular weight is 385 g/mol. The number of hydrogen-bond donors (Lipinski definition) is 1. The van der Waals surface area contributed by atoms with Crippen molar-refractivity contribution in [3.8, 4) is 11.1 Å². The monoisotopic (exact) mass is 385 g/mol. The van der Waals surface area contributed by atoms with Crippen LogP contribution in [0.1, 0.15) is 42.1 Å². The summed E-state index contributed by atoms with van der Waals surface area (Å²) in [6.07, 6.45) is 4.74. The molecule has 5 heteroatoms. The van der Waals surface area contributed by atoms with Gasteiger partial charge in [-0.25, -0.2) is 0 Å². The Balaban J connectivity index is 1.84. The minimum absolute atomic E-state index is 0.274. The lowest BCUT2D eigenvalue weighted by Gasteiger charge is -2.17. The highest BCUT2D eigenvalue weighted by molar-refractivity contribution is 6.01. The van der Waals surface area contributed by atoms with Gasteiger partial charge in [-0.3, -0.25) is 4.79 Å². The minimum atomic E-state index is -4.38. The summed E-state index contributed by atoms with van der Waals surface area (Å²) < 4.78 is 38.4. The zero-order valence-corrected chi connectivity index (χ0v) is 15.6. The molecule has 28 heavy (non-hydrogen) atoms. The van der Waals surface area contributed by atoms with Crippen LogP contribution in [0.5, 0.6) is 0 Å². The number of halogens is 3. The molecule has 1 N–H and O–H groups in total. The lowest BCUT2D eigenvalue weighted by molar-refractivity contribution is -0.137. The maximum atomic E-state index is 12.8. The molecule has 0 aromatic heterocycles. The summed E-state index contributed by atoms with van der Waals surface area (Å²) in [4.78, 5) is 12.8. The van der Waals surface area contributed by atoms with Crippen molar-refractivity contribution in [1.29, 1.82) is 0 Å². The second kappa shape index (κ2) is 8.46. The van der Waals surface area contributed by atoms with Crippen LogP contribution in [0.2, 0.25) is 0 Å². The Morgan fingerprint density at radius 3 is 2.50 bits per heavy atom. The number of rotatable bonds is 5. The summed E-state index contributed by atoms with van der Waals surface area (Å²) in [5.41, 5.74) is 1.64. The van der Waals surface area contributed by atoms with Gasteiger partial charge in [-0.15, -0.1) is 0 Å². The first kappa shape index (κ1) is 19.9. The topological polar surface area (TPSA) is 29.1 Å². The average Bonchev–Trinajstić information content (AvgIpc) is 2.68. The lowest BCUT2D eigenvalue weighted by atomic mass is 9.94. The molecule has 0 radical (unpaired) electrons. The van der Waals surface area contributed by atoms with Gasteiger partial charge in [-0.1, -0.05) is 55.8 Å². The van der Waals surface area contributed by atoms with Crippen LogP contribution < -0.4 is 5.32 Å². The maximum Gasteiger partial charge on any atom is 0.416 e. The van der Waals surface area contributed by atoms with Crippen molar-refractivity contribution in [2.24, 2.45) is 5.92 Å². The Morgan fingerprint density at radius 1 is 1.11 bits per heavy atom. The van der Waals surface area contributed by atoms with Crippen LogP contribution in [0.25, 0.3) is 11.1 Å². The van der Waals surface area contributed by atoms with Gasteiger partial charge < -0.3 is 5.32 Å². The first-order valence-corrected chi connectivity index (χ1v) is 9.35. The lowest BCUT2D eigenvalue weighted by Crippen LogP contribution is -2.24. The van der Waals surface area contributed by atoms with E-state index < -0.39 is 11.7 Å². The third-order valence-electron chi connectivity index (χ3n) is 4.76. The Morgan fingerprint density at radius 2 is 1.82 bits per heavy atom. The van der Waals surface area contributed by atoms with Crippen LogP contribution in [0.3, 0.4) is 0 Å². The molecule has 2 aromatic carbocycles. The smallest absolute Gasteiger partial charge is 0.322 e. The molecule has 1 aliphatic carbocycles. The van der Waals surface area contributed by atoms with Gasteiger partial charge in [0.25, 0.3) is 5.91 Å². The number of allylic oxidation sites excluding steroid dienone is 3. The molecule has 0 fully saturated rings. The second-order valence-corrected chi connectivity index (χ2v) is 6.88. The van der Waals surface area contributed by atoms with Crippen molar-refractivity contribution >= 4 is 5.91 Å². The molecule has 0 heterocycles. The highest BCUT2D eigenvalue weighted by Crippen LogP contribution is 2.32. The van der Waals surface area contributed by atoms with Gasteiger partial charge in [0.1, 0.15) is 0 Å². The summed E-state index contributed by atoms with van der Waals surface area (Å²) in [6.45, 7) is 2.13. The van der Waals surface area contributed by atoms with Crippen LogP contribution in [0, 0.1) is 5.92 Å². The van der Waals surface area contributed by atoms with Crippen LogP contribution in [-0.4, -0.2) is 5.91 Å². The van der Waals surface area contributed by atoms with Gasteiger partial charge in [0.15, 0.2) is 0 Å². The first-order valence-electron chi connectivity index (χ1n) is 9.35. The molecule has 2 nitrogen and oxygen atoms in total. The Labute approximate surface area is 162 Å². The molecule has 1 unspecified atom stereocenters. The summed E-state index contributed by atoms with van der Waals surface area (Å²) in [6, 6.07) is 11.8. The number of alkyl halides is 3. The summed E-state index contributed by atoms with van der Waals surface area (Å²) in [5, 5.41) is 2.92. The third-order valence-corrected chi connectivity index (χ3v) is 4.76. The number of hydrogen-bond acceptors (Lipinski definition) is 1. The molecule has 0 spiro atoms. The highest BCUT2D eigenvalue weighted by atomic mass is 19.4. The first-order chi connectivity index (χ1) is 13.4. The van der Waals surface area contributed by atoms with Crippen LogP contribution in [0.4, 0.5) is 13.2 Å². The standard InChI is InChI=1S/C23H22F3NO/c1-2-6-16-7-5-8-19(15-16)27-22(28)21-10-4-3-9-20(21)17-11-13-18(14-12-17)23(24,25)26/h3-5,8-16H,2,6-7H2,1H3,(H,27,28). The molecule has 0 saturated heterocycles. The summed E-state index contributed by atoms with van der Waals surface area (Å²) in [5.74, 6) is 0.138. The van der Waals surface area contributed by atoms with E-state index in [-0.39, 0.29) is 5.91 Å². The van der Waals surface area contributed by atoms with E-state index >= 15 is 0 Å². The van der Waals surface area contributed by atoms with Crippen LogP contribution in [0.15, 0.2) is 72.5 Å². The Kier molecular flexibility index (Phi) is 6.02. The SMILES string of the molecule is CCCC1C=C(NC(=O)c2ccccc2-c2ccc(C(F)(F)F)cc2)C=CC1. The van der Waals surface area contributed by atoms with Crippen molar-refractivity contribution < 1.29 is 18.0 Å². The quantitative estimate of drug-likeness (QED) is 0.637. The van der Waals surface area contributed by atoms with E-state index in [1.54, 1.807) is 24.3 Å². The zero-order chi connectivity index (χ0) is 20.1. The molecule has 0 bridgehead atoms. The highest BCUT2D eigenvalue weighted by Gasteiger charge is 2.30. The third kappa shape index (κ3) is 4.71. The number of carbonyl (C=O) groups is 1. The van der Waals surface area contributed by atoms with Crippen LogP contribution in [-0.2, 0) is 6.18 Å². The van der Waals surface area contributed by atoms with E-state index in [4.69, 9.17) is 0 Å². The maximum absolute atomic E-state index is 12.8. The number of amides is 1. The predicted octanol–water partition coefficient (Wildman–Crippen LogP) is 6.36. The van der Waals surface area contributed by atoms with Gasteiger partial charge in [0.05, 0.1) is 5.56 Å². The predicted molar refractivity (Wildman–Crippen MR) is 105 cm³/mol. The molecule has 0 aliphatic heterocycles. The fourth-order valence-corrected chi connectivity index (χ4v) is 3.37. The number of benzene rings is 2. The van der Waals surface area contributed by atoms with Crippen molar-refractivity contribution in [2.75, 3.05) is 0 Å². The van der Waals surface area contributed by atoms with E-state index in [9.17, 15) is 18.0 Å². The van der Waals surface area contributed by atoms with Crippen molar-refractivity contribution in [2.45, 2.75) is 32.4 Å². The van der Waals surface area contributed by atoms with Gasteiger partial charge in [-0.2, -0.15) is 13.2 Å². The molecule has 146 valence electrons. The zero-order valence-electron chi connectivity index (χ0n) is 15.6. The minimum Gasteiger partial charge on any atom is -0.322 e. The van der Waals surface area contributed by atoms with Gasteiger partial charge >= 0.3 is 6.18 Å². The molecular weight excluding hydrogens is 363 g/mol. The largest absolute Gasteiger partial charge is 0.416 e. The fourth-order valence-electron chi connectivity index (χ4n) is 3.37. The van der Waals surface area contributed by atoms with Crippen LogP contribution >= 0.6 is 0 Å². The molecule has 1 amide bonds. The second-order valence-electron chi connectivity index (χ2n) is 6.88.